The van der Waals surface area contributed by atoms with Crippen LogP contribution in [0.15, 0.2) is 18.2 Å². The van der Waals surface area contributed by atoms with Gasteiger partial charge >= 0.3 is 0 Å². The maximum atomic E-state index is 13.0. The molecule has 0 spiro atoms. The number of carbonyl (C=O) groups is 2. The van der Waals surface area contributed by atoms with Gasteiger partial charge in [0, 0.05) is 16.5 Å². The molecular weight excluding hydrogens is 308 g/mol. The molecule has 6 heteroatoms. The first-order valence-corrected chi connectivity index (χ1v) is 8.38. The molecule has 0 saturated heterocycles. The number of fused-ring (bicyclic) bond motifs is 1. The predicted octanol–water partition coefficient (Wildman–Crippen LogP) is 2.52. The van der Waals surface area contributed by atoms with Crippen LogP contribution < -0.4 is 10.2 Å². The van der Waals surface area contributed by atoms with Gasteiger partial charge in [-0.15, -0.1) is 0 Å². The number of hydrogen-bond donors (Lipinski definition) is 2. The molecule has 1 aromatic carbocycles. The second-order valence-electron chi connectivity index (χ2n) is 7.29. The average molecular weight is 332 g/mol. The van der Waals surface area contributed by atoms with E-state index in [1.165, 1.54) is 0 Å². The van der Waals surface area contributed by atoms with E-state index < -0.39 is 5.91 Å². The monoisotopic (exact) mass is 332 g/mol. The summed E-state index contributed by atoms with van der Waals surface area (Å²) in [5.74, 6) is 0.845. The molecule has 24 heavy (non-hydrogen) atoms. The molecule has 0 bridgehead atoms. The molecule has 1 saturated carbocycles. The van der Waals surface area contributed by atoms with E-state index in [2.05, 4.69) is 6.92 Å². The van der Waals surface area contributed by atoms with Gasteiger partial charge in [-0.2, -0.15) is 0 Å². The van der Waals surface area contributed by atoms with Crippen LogP contribution >= 0.6 is 0 Å². The Kier molecular flexibility index (Phi) is 4.25. The molecule has 2 N–H and O–H groups in total. The third-order valence-electron chi connectivity index (χ3n) is 5.26. The van der Waals surface area contributed by atoms with Gasteiger partial charge in [0.05, 0.1) is 12.6 Å². The zero-order valence-corrected chi connectivity index (χ0v) is 14.3. The largest absolute Gasteiger partial charge is 0.491 e. The third kappa shape index (κ3) is 2.75. The number of hydroxylamine groups is 1. The van der Waals surface area contributed by atoms with Gasteiger partial charge in [-0.05, 0) is 43.9 Å². The first kappa shape index (κ1) is 16.8. The molecule has 2 aliphatic rings. The Bertz CT molecular complexity index is 667. The minimum atomic E-state index is -0.577. The quantitative estimate of drug-likeness (QED) is 0.644. The van der Waals surface area contributed by atoms with E-state index in [1.54, 1.807) is 23.7 Å². The molecule has 130 valence electrons. The topological polar surface area (TPSA) is 78.9 Å². The summed E-state index contributed by atoms with van der Waals surface area (Å²) in [5, 5.41) is 8.83. The molecule has 3 rings (SSSR count). The van der Waals surface area contributed by atoms with Crippen LogP contribution in [0.25, 0.3) is 0 Å². The highest BCUT2D eigenvalue weighted by Gasteiger charge is 2.47. The molecule has 1 aliphatic heterocycles. The molecule has 1 aromatic rings. The number of nitrogens with zero attached hydrogens (tertiary/aromatic N) is 1. The highest BCUT2D eigenvalue weighted by molar-refractivity contribution is 5.93. The molecule has 1 atom stereocenters. The standard InChI is InChI=1S/C18H24N2O4/c1-11-9-18(3,10-11)17(22)20-6-7-24-15-5-4-13(16(21)19-23)8-14(15)12(20)2/h4-5,8,11-12,23H,6-7,9-10H2,1-3H3,(H,19,21)/t11?,12-,18?/m1/s1. The molecule has 0 radical (unpaired) electrons. The van der Waals surface area contributed by atoms with E-state index in [4.69, 9.17) is 9.94 Å². The lowest BCUT2D eigenvalue weighted by Gasteiger charge is -2.46. The fraction of sp³-hybridized carbons (Fsp3) is 0.556. The molecule has 6 nitrogen and oxygen atoms in total. The van der Waals surface area contributed by atoms with Crippen molar-refractivity contribution in [3.05, 3.63) is 29.3 Å². The summed E-state index contributed by atoms with van der Waals surface area (Å²) in [7, 11) is 0. The highest BCUT2D eigenvalue weighted by atomic mass is 16.5. The first-order chi connectivity index (χ1) is 11.4. The van der Waals surface area contributed by atoms with E-state index in [0.717, 1.165) is 18.4 Å². The summed E-state index contributed by atoms with van der Waals surface area (Å²) in [6.45, 7) is 7.11. The van der Waals surface area contributed by atoms with Crippen molar-refractivity contribution >= 4 is 11.8 Å². The number of benzene rings is 1. The number of rotatable bonds is 2. The fourth-order valence-corrected chi connectivity index (χ4v) is 4.10. The van der Waals surface area contributed by atoms with Gasteiger partial charge in [0.25, 0.3) is 5.91 Å². The molecule has 0 unspecified atom stereocenters. The van der Waals surface area contributed by atoms with Gasteiger partial charge in [-0.1, -0.05) is 13.8 Å². The van der Waals surface area contributed by atoms with Crippen LogP contribution in [0.4, 0.5) is 0 Å². The van der Waals surface area contributed by atoms with Crippen molar-refractivity contribution in [3.8, 4) is 5.75 Å². The zero-order valence-electron chi connectivity index (χ0n) is 14.3. The second-order valence-corrected chi connectivity index (χ2v) is 7.29. The smallest absolute Gasteiger partial charge is 0.274 e. The zero-order chi connectivity index (χ0) is 17.5. The van der Waals surface area contributed by atoms with Crippen molar-refractivity contribution in [2.45, 2.75) is 39.7 Å². The second kappa shape index (κ2) is 6.09. The average Bonchev–Trinajstić information content (AvgIpc) is 2.71. The van der Waals surface area contributed by atoms with Crippen molar-refractivity contribution < 1.29 is 19.5 Å². The van der Waals surface area contributed by atoms with E-state index >= 15 is 0 Å². The van der Waals surface area contributed by atoms with Crippen molar-refractivity contribution in [1.29, 1.82) is 0 Å². The van der Waals surface area contributed by atoms with Gasteiger partial charge < -0.3 is 9.64 Å². The van der Waals surface area contributed by atoms with Gasteiger partial charge in [-0.25, -0.2) is 5.48 Å². The summed E-state index contributed by atoms with van der Waals surface area (Å²) >= 11 is 0. The van der Waals surface area contributed by atoms with Crippen LogP contribution in [-0.4, -0.2) is 35.1 Å². The van der Waals surface area contributed by atoms with Crippen molar-refractivity contribution in [3.63, 3.8) is 0 Å². The minimum Gasteiger partial charge on any atom is -0.491 e. The normalized spacial score (nSPS) is 28.9. The predicted molar refractivity (Wildman–Crippen MR) is 87.8 cm³/mol. The Labute approximate surface area is 141 Å². The summed E-state index contributed by atoms with van der Waals surface area (Å²) < 4.78 is 5.76. The van der Waals surface area contributed by atoms with Crippen LogP contribution in [0.1, 0.15) is 55.6 Å². The number of ether oxygens (including phenoxy) is 1. The van der Waals surface area contributed by atoms with Crippen molar-refractivity contribution in [2.75, 3.05) is 13.2 Å². The van der Waals surface area contributed by atoms with Gasteiger partial charge in [0.15, 0.2) is 0 Å². The van der Waals surface area contributed by atoms with E-state index in [9.17, 15) is 9.59 Å². The third-order valence-corrected chi connectivity index (χ3v) is 5.26. The molecule has 0 aromatic heterocycles. The van der Waals surface area contributed by atoms with Crippen LogP contribution in [0, 0.1) is 11.3 Å². The lowest BCUT2D eigenvalue weighted by Crippen LogP contribution is -2.50. The van der Waals surface area contributed by atoms with Crippen LogP contribution in [0.2, 0.25) is 0 Å². The molecule has 1 fully saturated rings. The molecule has 2 amide bonds. The van der Waals surface area contributed by atoms with Gasteiger partial charge in [-0.3, -0.25) is 14.8 Å². The Morgan fingerprint density at radius 1 is 1.33 bits per heavy atom. The lowest BCUT2D eigenvalue weighted by molar-refractivity contribution is -0.151. The maximum Gasteiger partial charge on any atom is 0.274 e. The highest BCUT2D eigenvalue weighted by Crippen LogP contribution is 2.47. The summed E-state index contributed by atoms with van der Waals surface area (Å²) in [6.07, 6.45) is 1.82. The van der Waals surface area contributed by atoms with Crippen LogP contribution in [0.3, 0.4) is 0 Å². The summed E-state index contributed by atoms with van der Waals surface area (Å²) in [4.78, 5) is 26.6. The van der Waals surface area contributed by atoms with Gasteiger partial charge in [0.1, 0.15) is 12.4 Å². The van der Waals surface area contributed by atoms with E-state index in [-0.39, 0.29) is 17.4 Å². The SMILES string of the molecule is CC1CC(C)(C(=O)N2CCOc3ccc(C(=O)NO)cc3[C@H]2C)C1. The number of hydrogen-bond acceptors (Lipinski definition) is 4. The van der Waals surface area contributed by atoms with Crippen LogP contribution in [-0.2, 0) is 4.79 Å². The van der Waals surface area contributed by atoms with Crippen LogP contribution in [0.5, 0.6) is 5.75 Å². The molecule has 1 aliphatic carbocycles. The number of nitrogens with one attached hydrogen (secondary N) is 1. The maximum absolute atomic E-state index is 13.0. The number of carbonyl (C=O) groups excluding carboxylic acids is 2. The molecular formula is C18H24N2O4. The van der Waals surface area contributed by atoms with E-state index in [1.807, 2.05) is 18.7 Å². The van der Waals surface area contributed by atoms with Crippen molar-refractivity contribution in [1.82, 2.24) is 10.4 Å². The Morgan fingerprint density at radius 3 is 2.67 bits per heavy atom. The van der Waals surface area contributed by atoms with E-state index in [0.29, 0.717) is 30.4 Å². The Morgan fingerprint density at radius 2 is 2.04 bits per heavy atom. The minimum absolute atomic E-state index is 0.154. The molecule has 1 heterocycles. The van der Waals surface area contributed by atoms with Crippen molar-refractivity contribution in [2.24, 2.45) is 11.3 Å². The Hall–Kier alpha value is -2.08. The van der Waals surface area contributed by atoms with Gasteiger partial charge in [0.2, 0.25) is 5.91 Å². The summed E-state index contributed by atoms with van der Waals surface area (Å²) in [6, 6.07) is 4.82. The first-order valence-electron chi connectivity index (χ1n) is 8.38. The fourth-order valence-electron chi connectivity index (χ4n) is 4.10. The summed E-state index contributed by atoms with van der Waals surface area (Å²) in [5.41, 5.74) is 2.47. The Balaban J connectivity index is 1.90. The lowest BCUT2D eigenvalue weighted by atomic mass is 9.63. The number of amides is 2.